The summed E-state index contributed by atoms with van der Waals surface area (Å²) in [5.74, 6) is 0. The number of fused-ring (bicyclic) bond motifs is 3. The zero-order chi connectivity index (χ0) is 23.9. The number of hydrogen-bond acceptors (Lipinski definition) is 3. The van der Waals surface area contributed by atoms with Gasteiger partial charge >= 0.3 is 6.18 Å². The van der Waals surface area contributed by atoms with Crippen molar-refractivity contribution in [2.24, 2.45) is 5.73 Å². The number of hydrogen-bond donors (Lipinski definition) is 3. The summed E-state index contributed by atoms with van der Waals surface area (Å²) >= 11 is 0. The summed E-state index contributed by atoms with van der Waals surface area (Å²) in [7, 11) is 0. The van der Waals surface area contributed by atoms with Gasteiger partial charge in [0.2, 0.25) is 0 Å². The summed E-state index contributed by atoms with van der Waals surface area (Å²) < 4.78 is 40.1. The van der Waals surface area contributed by atoms with Crippen molar-refractivity contribution in [3.8, 4) is 22.3 Å². The SMILES string of the molecule is NCCCc1cc2c(-c3cccc(C(F)(F)F)c3)c[nH]c(=O)c2c2cc(-c3cn[nH]c3)ccc12. The number of alkyl halides is 3. The lowest BCUT2D eigenvalue weighted by Gasteiger charge is -2.15. The van der Waals surface area contributed by atoms with Crippen LogP contribution in [0.5, 0.6) is 0 Å². The molecular weight excluding hydrogens is 441 g/mol. The molecule has 0 atom stereocenters. The topological polar surface area (TPSA) is 87.6 Å². The minimum atomic E-state index is -4.47. The molecule has 8 heteroatoms. The minimum absolute atomic E-state index is 0.301. The average Bonchev–Trinajstić information content (AvgIpc) is 3.37. The third kappa shape index (κ3) is 3.86. The zero-order valence-corrected chi connectivity index (χ0v) is 18.0. The first-order chi connectivity index (χ1) is 16.4. The fourth-order valence-electron chi connectivity index (χ4n) is 4.43. The predicted octanol–water partition coefficient (Wildman–Crippen LogP) is 5.65. The number of rotatable bonds is 5. The van der Waals surface area contributed by atoms with E-state index in [1.54, 1.807) is 18.5 Å². The van der Waals surface area contributed by atoms with Crippen molar-refractivity contribution >= 4 is 21.5 Å². The van der Waals surface area contributed by atoms with Gasteiger partial charge in [-0.05, 0) is 76.5 Å². The van der Waals surface area contributed by atoms with E-state index in [0.717, 1.165) is 46.0 Å². The molecule has 5 rings (SSSR count). The number of nitrogens with zero attached hydrogens (tertiary/aromatic N) is 1. The van der Waals surface area contributed by atoms with Gasteiger partial charge < -0.3 is 10.7 Å². The van der Waals surface area contributed by atoms with E-state index >= 15 is 0 Å². The van der Waals surface area contributed by atoms with Gasteiger partial charge in [0.05, 0.1) is 17.1 Å². The number of nitrogens with two attached hydrogens (primary N) is 1. The number of nitrogens with one attached hydrogen (secondary N) is 2. The van der Waals surface area contributed by atoms with Crippen molar-refractivity contribution in [1.82, 2.24) is 15.2 Å². The molecule has 3 aromatic carbocycles. The maximum Gasteiger partial charge on any atom is 0.416 e. The van der Waals surface area contributed by atoms with Gasteiger partial charge in [0, 0.05) is 23.5 Å². The summed E-state index contributed by atoms with van der Waals surface area (Å²) in [5.41, 5.74) is 8.36. The first-order valence-corrected chi connectivity index (χ1v) is 10.8. The highest BCUT2D eigenvalue weighted by Crippen LogP contribution is 2.37. The highest BCUT2D eigenvalue weighted by molar-refractivity contribution is 6.13. The fourth-order valence-corrected chi connectivity index (χ4v) is 4.43. The number of benzene rings is 3. The molecule has 0 spiro atoms. The normalized spacial score (nSPS) is 12.0. The van der Waals surface area contributed by atoms with E-state index in [9.17, 15) is 18.0 Å². The molecule has 5 nitrogen and oxygen atoms in total. The molecule has 0 aliphatic rings. The average molecular weight is 462 g/mol. The second kappa shape index (κ2) is 8.46. The molecular formula is C26H21F3N4O. The van der Waals surface area contributed by atoms with E-state index in [-0.39, 0.29) is 5.56 Å². The van der Waals surface area contributed by atoms with Gasteiger partial charge in [0.1, 0.15) is 0 Å². The van der Waals surface area contributed by atoms with Crippen LogP contribution in [0.1, 0.15) is 17.5 Å². The van der Waals surface area contributed by atoms with Crippen molar-refractivity contribution < 1.29 is 13.2 Å². The van der Waals surface area contributed by atoms with E-state index in [2.05, 4.69) is 15.2 Å². The summed E-state index contributed by atoms with van der Waals surface area (Å²) in [6, 6.07) is 12.9. The van der Waals surface area contributed by atoms with Crippen LogP contribution in [0.3, 0.4) is 0 Å². The summed E-state index contributed by atoms with van der Waals surface area (Å²) in [6.07, 6.45) is 1.90. The standard InChI is InChI=1S/C26H21F3N4O/c27-26(28,29)19-5-1-3-16(9-19)23-14-31-25(34)24-21-10-15(18-12-32-33-13-18)6-7-20(21)17(4-2-8-30)11-22(23)24/h1,3,5-7,9-14H,2,4,8,30H2,(H,31,34)(H,32,33). The Labute approximate surface area is 192 Å². The largest absolute Gasteiger partial charge is 0.416 e. The second-order valence-corrected chi connectivity index (χ2v) is 8.21. The van der Waals surface area contributed by atoms with Gasteiger partial charge in [-0.1, -0.05) is 24.3 Å². The lowest BCUT2D eigenvalue weighted by atomic mass is 9.90. The number of halogens is 3. The summed E-state index contributed by atoms with van der Waals surface area (Å²) in [4.78, 5) is 15.8. The number of H-pyrrole nitrogens is 2. The molecule has 0 saturated heterocycles. The Hall–Kier alpha value is -3.91. The van der Waals surface area contributed by atoms with E-state index in [0.29, 0.717) is 34.9 Å². The van der Waals surface area contributed by atoms with Crippen LogP contribution in [0.4, 0.5) is 13.2 Å². The lowest BCUT2D eigenvalue weighted by Crippen LogP contribution is -2.09. The molecule has 0 unspecified atom stereocenters. The van der Waals surface area contributed by atoms with Crippen LogP contribution < -0.4 is 11.3 Å². The molecule has 0 aliphatic carbocycles. The molecule has 0 aliphatic heterocycles. The van der Waals surface area contributed by atoms with Crippen molar-refractivity contribution in [3.05, 3.63) is 88.6 Å². The second-order valence-electron chi connectivity index (χ2n) is 8.21. The first kappa shape index (κ1) is 21.9. The van der Waals surface area contributed by atoms with Crippen molar-refractivity contribution in [2.45, 2.75) is 19.0 Å². The van der Waals surface area contributed by atoms with E-state index in [4.69, 9.17) is 5.73 Å². The summed E-state index contributed by atoms with van der Waals surface area (Å²) in [6.45, 7) is 0.502. The predicted molar refractivity (Wildman–Crippen MR) is 127 cm³/mol. The molecule has 2 heterocycles. The fraction of sp³-hybridized carbons (Fsp3) is 0.154. The van der Waals surface area contributed by atoms with Crippen LogP contribution >= 0.6 is 0 Å². The van der Waals surface area contributed by atoms with Crippen molar-refractivity contribution in [2.75, 3.05) is 6.54 Å². The number of aromatic nitrogens is 3. The van der Waals surface area contributed by atoms with Crippen LogP contribution in [-0.4, -0.2) is 21.7 Å². The van der Waals surface area contributed by atoms with Crippen LogP contribution in [0, 0.1) is 0 Å². The molecule has 2 aromatic heterocycles. The van der Waals surface area contributed by atoms with E-state index in [1.165, 1.54) is 12.3 Å². The Bertz CT molecular complexity index is 1550. The molecule has 0 radical (unpaired) electrons. The van der Waals surface area contributed by atoms with Crippen LogP contribution in [0.25, 0.3) is 43.8 Å². The third-order valence-electron chi connectivity index (χ3n) is 6.07. The van der Waals surface area contributed by atoms with Gasteiger partial charge in [-0.15, -0.1) is 0 Å². The molecule has 34 heavy (non-hydrogen) atoms. The van der Waals surface area contributed by atoms with Gasteiger partial charge in [0.15, 0.2) is 0 Å². The molecule has 5 aromatic rings. The van der Waals surface area contributed by atoms with Gasteiger partial charge in [0.25, 0.3) is 5.56 Å². The molecule has 0 bridgehead atoms. The molecule has 0 saturated carbocycles. The van der Waals surface area contributed by atoms with E-state index < -0.39 is 11.7 Å². The minimum Gasteiger partial charge on any atom is -0.330 e. The van der Waals surface area contributed by atoms with Crippen molar-refractivity contribution in [3.63, 3.8) is 0 Å². The molecule has 172 valence electrons. The van der Waals surface area contributed by atoms with Crippen LogP contribution in [0.15, 0.2) is 71.9 Å². The Morgan fingerprint density at radius 1 is 0.912 bits per heavy atom. The molecule has 0 amide bonds. The van der Waals surface area contributed by atoms with E-state index in [1.807, 2.05) is 24.3 Å². The molecule has 0 fully saturated rings. The van der Waals surface area contributed by atoms with Crippen LogP contribution in [-0.2, 0) is 12.6 Å². The Kier molecular flexibility index (Phi) is 5.45. The Balaban J connectivity index is 1.84. The quantitative estimate of drug-likeness (QED) is 0.295. The molecule has 4 N–H and O–H groups in total. The van der Waals surface area contributed by atoms with Crippen LogP contribution in [0.2, 0.25) is 0 Å². The maximum absolute atomic E-state index is 13.4. The lowest BCUT2D eigenvalue weighted by molar-refractivity contribution is -0.137. The smallest absolute Gasteiger partial charge is 0.330 e. The maximum atomic E-state index is 13.4. The number of aryl methyl sites for hydroxylation is 1. The monoisotopic (exact) mass is 462 g/mol. The third-order valence-corrected chi connectivity index (χ3v) is 6.07. The zero-order valence-electron chi connectivity index (χ0n) is 18.0. The van der Waals surface area contributed by atoms with Gasteiger partial charge in [-0.25, -0.2) is 0 Å². The van der Waals surface area contributed by atoms with Gasteiger partial charge in [-0.2, -0.15) is 18.3 Å². The van der Waals surface area contributed by atoms with Crippen molar-refractivity contribution in [1.29, 1.82) is 0 Å². The Morgan fingerprint density at radius 2 is 1.76 bits per heavy atom. The van der Waals surface area contributed by atoms with Gasteiger partial charge in [-0.3, -0.25) is 9.89 Å². The number of aromatic amines is 2. The Morgan fingerprint density at radius 3 is 2.50 bits per heavy atom. The summed E-state index contributed by atoms with van der Waals surface area (Å²) in [5, 5.41) is 9.48. The number of pyridine rings is 1. The highest BCUT2D eigenvalue weighted by Gasteiger charge is 2.30. The first-order valence-electron chi connectivity index (χ1n) is 10.8. The highest BCUT2D eigenvalue weighted by atomic mass is 19.4.